The van der Waals surface area contributed by atoms with Gasteiger partial charge in [-0.1, -0.05) is 12.1 Å². The molecule has 2 N–H and O–H groups in total. The van der Waals surface area contributed by atoms with Crippen LogP contribution in [0.2, 0.25) is 0 Å². The van der Waals surface area contributed by atoms with E-state index in [4.69, 9.17) is 18.6 Å². The lowest BCUT2D eigenvalue weighted by Crippen LogP contribution is -2.27. The van der Waals surface area contributed by atoms with Gasteiger partial charge in [-0.15, -0.1) is 0 Å². The van der Waals surface area contributed by atoms with Crippen molar-refractivity contribution < 1.29 is 28.5 Å². The van der Waals surface area contributed by atoms with E-state index in [1.54, 1.807) is 37.4 Å². The topological polar surface area (TPSA) is 120 Å². The third kappa shape index (κ3) is 5.25. The van der Waals surface area contributed by atoms with Crippen molar-refractivity contribution in [3.8, 4) is 23.0 Å². The van der Waals surface area contributed by atoms with E-state index in [0.717, 1.165) is 0 Å². The van der Waals surface area contributed by atoms with E-state index in [-0.39, 0.29) is 41.7 Å². The summed E-state index contributed by atoms with van der Waals surface area (Å²) in [7, 11) is 4.38. The van der Waals surface area contributed by atoms with Crippen LogP contribution in [0.5, 0.6) is 23.0 Å². The Morgan fingerprint density at radius 1 is 1.12 bits per heavy atom. The van der Waals surface area contributed by atoms with Crippen LogP contribution in [-0.2, 0) is 11.3 Å². The van der Waals surface area contributed by atoms with Gasteiger partial charge in [0.25, 0.3) is 0 Å². The van der Waals surface area contributed by atoms with Crippen LogP contribution in [0.3, 0.4) is 0 Å². The number of pyridine rings is 1. The first-order chi connectivity index (χ1) is 15.9. The fourth-order valence-electron chi connectivity index (χ4n) is 3.64. The second-order valence-corrected chi connectivity index (χ2v) is 7.22. The first kappa shape index (κ1) is 23.6. The number of hydrogen-bond acceptors (Lipinski definition) is 8. The molecule has 0 aliphatic rings. The molecule has 0 aliphatic heterocycles. The number of methoxy groups -OCH3 is 3. The smallest absolute Gasteiger partial charge is 0.343 e. The summed E-state index contributed by atoms with van der Waals surface area (Å²) in [5.41, 5.74) is 0.337. The number of benzene rings is 1. The number of ether oxygens (including phenoxy) is 3. The number of amides is 1. The van der Waals surface area contributed by atoms with E-state index in [0.29, 0.717) is 22.8 Å². The monoisotopic (exact) mass is 454 g/mol. The standard InChI is InChI=1S/C24H26N2O7/c1-14-11-18(27)21(24(29)33-14)17(12-20(28)26-13-15-7-5-6-10-25-15)16-8-9-19(30-2)23(32-4)22(16)31-3/h5-11,17,27H,12-13H2,1-4H3,(H,26,28)/t17-/m0/s1. The van der Waals surface area contributed by atoms with Gasteiger partial charge in [0.15, 0.2) is 11.5 Å². The molecule has 2 heterocycles. The molecule has 0 unspecified atom stereocenters. The first-order valence-corrected chi connectivity index (χ1v) is 10.2. The van der Waals surface area contributed by atoms with Crippen LogP contribution < -0.4 is 25.2 Å². The van der Waals surface area contributed by atoms with Crippen molar-refractivity contribution in [2.24, 2.45) is 0 Å². The number of carbonyl (C=O) groups excluding carboxylic acids is 1. The SMILES string of the molecule is COc1ccc([C@H](CC(=O)NCc2ccccn2)c2c(O)cc(C)oc2=O)c(OC)c1OC. The molecule has 0 saturated heterocycles. The maximum Gasteiger partial charge on any atom is 0.343 e. The Bertz CT molecular complexity index is 1180. The minimum Gasteiger partial charge on any atom is -0.507 e. The molecule has 0 aliphatic carbocycles. The summed E-state index contributed by atoms with van der Waals surface area (Å²) in [6.07, 6.45) is 1.47. The van der Waals surface area contributed by atoms with Crippen molar-refractivity contribution in [2.45, 2.75) is 25.8 Å². The maximum atomic E-state index is 12.9. The molecule has 9 heteroatoms. The molecule has 0 saturated carbocycles. The molecule has 0 bridgehead atoms. The van der Waals surface area contributed by atoms with Gasteiger partial charge in [-0.05, 0) is 25.1 Å². The van der Waals surface area contributed by atoms with Crippen LogP contribution in [0.25, 0.3) is 0 Å². The maximum absolute atomic E-state index is 12.9. The number of aryl methyl sites for hydroxylation is 1. The lowest BCUT2D eigenvalue weighted by molar-refractivity contribution is -0.121. The van der Waals surface area contributed by atoms with Crippen molar-refractivity contribution >= 4 is 5.91 Å². The highest BCUT2D eigenvalue weighted by molar-refractivity contribution is 5.78. The van der Waals surface area contributed by atoms with Crippen molar-refractivity contribution in [3.05, 3.63) is 75.6 Å². The highest BCUT2D eigenvalue weighted by Crippen LogP contribution is 2.45. The Morgan fingerprint density at radius 3 is 2.48 bits per heavy atom. The van der Waals surface area contributed by atoms with Crippen LogP contribution in [0.15, 0.2) is 51.8 Å². The van der Waals surface area contributed by atoms with Crippen LogP contribution in [0.1, 0.15) is 34.9 Å². The third-order valence-corrected chi connectivity index (χ3v) is 5.13. The fourth-order valence-corrected chi connectivity index (χ4v) is 3.64. The highest BCUT2D eigenvalue weighted by atomic mass is 16.5. The molecule has 0 fully saturated rings. The van der Waals surface area contributed by atoms with Crippen molar-refractivity contribution in [3.63, 3.8) is 0 Å². The molecule has 2 aromatic heterocycles. The van der Waals surface area contributed by atoms with Crippen LogP contribution in [-0.4, -0.2) is 37.3 Å². The number of nitrogens with zero attached hydrogens (tertiary/aromatic N) is 1. The van der Waals surface area contributed by atoms with Crippen LogP contribution >= 0.6 is 0 Å². The predicted molar refractivity (Wildman–Crippen MR) is 120 cm³/mol. The summed E-state index contributed by atoms with van der Waals surface area (Å²) in [5.74, 6) is -0.285. The summed E-state index contributed by atoms with van der Waals surface area (Å²) in [4.78, 5) is 29.8. The minimum atomic E-state index is -0.889. The molecule has 3 aromatic rings. The molecule has 0 spiro atoms. The molecule has 1 aromatic carbocycles. The summed E-state index contributed by atoms with van der Waals surface area (Å²) < 4.78 is 21.6. The number of hydrogen-bond donors (Lipinski definition) is 2. The Balaban J connectivity index is 2.05. The number of aromatic nitrogens is 1. The molecular weight excluding hydrogens is 428 g/mol. The molecule has 3 rings (SSSR count). The molecule has 1 amide bonds. The quantitative estimate of drug-likeness (QED) is 0.506. The Kier molecular flexibility index (Phi) is 7.55. The number of aromatic hydroxyl groups is 1. The van der Waals surface area contributed by atoms with Crippen LogP contribution in [0.4, 0.5) is 0 Å². The second kappa shape index (κ2) is 10.5. The van der Waals surface area contributed by atoms with E-state index >= 15 is 0 Å². The van der Waals surface area contributed by atoms with E-state index in [2.05, 4.69) is 10.3 Å². The number of rotatable bonds is 9. The Morgan fingerprint density at radius 2 is 1.88 bits per heavy atom. The first-order valence-electron chi connectivity index (χ1n) is 10.2. The Labute approximate surface area is 190 Å². The van der Waals surface area contributed by atoms with Gasteiger partial charge in [0.2, 0.25) is 11.7 Å². The fraction of sp³-hybridized carbons (Fsp3) is 0.292. The summed E-state index contributed by atoms with van der Waals surface area (Å²) in [6.45, 7) is 1.76. The lowest BCUT2D eigenvalue weighted by atomic mass is 9.87. The van der Waals surface area contributed by atoms with Gasteiger partial charge in [-0.3, -0.25) is 9.78 Å². The molecular formula is C24H26N2O7. The lowest BCUT2D eigenvalue weighted by Gasteiger charge is -2.22. The molecule has 1 atom stereocenters. The van der Waals surface area contributed by atoms with Crippen molar-refractivity contribution in [1.82, 2.24) is 10.3 Å². The zero-order chi connectivity index (χ0) is 24.0. The zero-order valence-electron chi connectivity index (χ0n) is 18.9. The molecule has 174 valence electrons. The normalized spacial score (nSPS) is 11.5. The van der Waals surface area contributed by atoms with Gasteiger partial charge in [0.1, 0.15) is 11.5 Å². The molecule has 0 radical (unpaired) electrons. The van der Waals surface area contributed by atoms with E-state index in [9.17, 15) is 14.7 Å². The van der Waals surface area contributed by atoms with Gasteiger partial charge in [0.05, 0.1) is 39.1 Å². The second-order valence-electron chi connectivity index (χ2n) is 7.22. The zero-order valence-corrected chi connectivity index (χ0v) is 18.9. The van der Waals surface area contributed by atoms with Gasteiger partial charge in [0, 0.05) is 30.2 Å². The third-order valence-electron chi connectivity index (χ3n) is 5.13. The van der Waals surface area contributed by atoms with E-state index in [1.807, 2.05) is 6.07 Å². The van der Waals surface area contributed by atoms with Crippen molar-refractivity contribution in [1.29, 1.82) is 0 Å². The summed E-state index contributed by atoms with van der Waals surface area (Å²) >= 11 is 0. The molecule has 9 nitrogen and oxygen atoms in total. The van der Waals surface area contributed by atoms with Crippen LogP contribution in [0, 0.1) is 6.92 Å². The average molecular weight is 454 g/mol. The predicted octanol–water partition coefficient (Wildman–Crippen LogP) is 2.91. The largest absolute Gasteiger partial charge is 0.507 e. The number of carbonyl (C=O) groups is 1. The van der Waals surface area contributed by atoms with E-state index in [1.165, 1.54) is 27.4 Å². The summed E-state index contributed by atoms with van der Waals surface area (Å²) in [5, 5.41) is 13.4. The minimum absolute atomic E-state index is 0.0564. The van der Waals surface area contributed by atoms with Gasteiger partial charge < -0.3 is 29.1 Å². The van der Waals surface area contributed by atoms with Gasteiger partial charge in [-0.25, -0.2) is 4.79 Å². The summed E-state index contributed by atoms with van der Waals surface area (Å²) in [6, 6.07) is 10.0. The van der Waals surface area contributed by atoms with E-state index < -0.39 is 11.5 Å². The number of nitrogens with one attached hydrogen (secondary N) is 1. The molecule has 33 heavy (non-hydrogen) atoms. The average Bonchev–Trinajstić information content (AvgIpc) is 2.81. The highest BCUT2D eigenvalue weighted by Gasteiger charge is 2.30. The van der Waals surface area contributed by atoms with Crippen molar-refractivity contribution in [2.75, 3.05) is 21.3 Å². The Hall–Kier alpha value is -4.01. The van der Waals surface area contributed by atoms with Gasteiger partial charge >= 0.3 is 5.63 Å². The van der Waals surface area contributed by atoms with Gasteiger partial charge in [-0.2, -0.15) is 0 Å².